The molecule has 0 saturated heterocycles. The Morgan fingerprint density at radius 2 is 1.88 bits per heavy atom. The predicted molar refractivity (Wildman–Crippen MR) is 126 cm³/mol. The Bertz CT molecular complexity index is 1100. The van der Waals surface area contributed by atoms with Crippen molar-refractivity contribution in [2.45, 2.75) is 32.6 Å². The standard InChI is InChI=1S/C26H27NO6/c1-3-4-6-12-20(23-13-9-16-32-23)17-21-14-15-22(27(29)30)24(26(21)33-18-31-2)25(28)19-10-7-5-8-11-19/h5,7-11,13-17H,3-4,6,12,18H2,1-2H3/b20-17+. The molecule has 0 N–H and O–H groups in total. The Morgan fingerprint density at radius 3 is 2.52 bits per heavy atom. The van der Waals surface area contributed by atoms with Crippen molar-refractivity contribution in [2.75, 3.05) is 13.9 Å². The highest BCUT2D eigenvalue weighted by Gasteiger charge is 2.28. The third kappa shape index (κ3) is 5.96. The number of carbonyl (C=O) groups excluding carboxylic acids is 1. The normalized spacial score (nSPS) is 11.4. The van der Waals surface area contributed by atoms with Crippen molar-refractivity contribution >= 4 is 23.1 Å². The summed E-state index contributed by atoms with van der Waals surface area (Å²) in [6.07, 6.45) is 7.31. The fourth-order valence-electron chi connectivity index (χ4n) is 3.56. The molecule has 3 rings (SSSR count). The Kier molecular flexibility index (Phi) is 8.55. The van der Waals surface area contributed by atoms with E-state index >= 15 is 0 Å². The first-order valence-electron chi connectivity index (χ1n) is 10.8. The lowest BCUT2D eigenvalue weighted by molar-refractivity contribution is -0.385. The van der Waals surface area contributed by atoms with Gasteiger partial charge in [0.1, 0.15) is 17.1 Å². The third-order valence-electron chi connectivity index (χ3n) is 5.16. The summed E-state index contributed by atoms with van der Waals surface area (Å²) in [7, 11) is 1.45. The zero-order valence-corrected chi connectivity index (χ0v) is 18.8. The molecular formula is C26H27NO6. The monoisotopic (exact) mass is 449 g/mol. The second kappa shape index (κ2) is 11.8. The fourth-order valence-corrected chi connectivity index (χ4v) is 3.56. The number of nitro benzene ring substituents is 1. The molecule has 2 aromatic carbocycles. The fraction of sp³-hybridized carbons (Fsp3) is 0.269. The predicted octanol–water partition coefficient (Wildman–Crippen LogP) is 6.52. The van der Waals surface area contributed by atoms with Crippen molar-refractivity contribution in [1.82, 2.24) is 0 Å². The number of ether oxygens (including phenoxy) is 2. The number of hydrogen-bond donors (Lipinski definition) is 0. The van der Waals surface area contributed by atoms with Crippen molar-refractivity contribution in [1.29, 1.82) is 0 Å². The van der Waals surface area contributed by atoms with E-state index in [1.165, 1.54) is 13.2 Å². The van der Waals surface area contributed by atoms with Gasteiger partial charge in [0.05, 0.1) is 11.2 Å². The average molecular weight is 450 g/mol. The molecule has 0 aliphatic heterocycles. The summed E-state index contributed by atoms with van der Waals surface area (Å²) in [5.74, 6) is 0.326. The van der Waals surface area contributed by atoms with Crippen LogP contribution in [0.3, 0.4) is 0 Å². The lowest BCUT2D eigenvalue weighted by atomic mass is 9.95. The minimum absolute atomic E-state index is 0.107. The van der Waals surface area contributed by atoms with Gasteiger partial charge in [-0.15, -0.1) is 0 Å². The molecule has 7 heteroatoms. The number of carbonyl (C=O) groups is 1. The number of allylic oxidation sites excluding steroid dienone is 1. The zero-order valence-electron chi connectivity index (χ0n) is 18.8. The number of ketones is 1. The molecule has 0 unspecified atom stereocenters. The molecule has 0 radical (unpaired) electrons. The molecule has 172 valence electrons. The van der Waals surface area contributed by atoms with E-state index in [1.54, 1.807) is 42.7 Å². The molecule has 0 atom stereocenters. The number of nitrogens with zero attached hydrogens (tertiary/aromatic N) is 1. The van der Waals surface area contributed by atoms with Gasteiger partial charge in [-0.25, -0.2) is 0 Å². The minimum atomic E-state index is -0.571. The van der Waals surface area contributed by atoms with Crippen LogP contribution in [0.2, 0.25) is 0 Å². The van der Waals surface area contributed by atoms with Gasteiger partial charge in [-0.3, -0.25) is 14.9 Å². The maximum Gasteiger partial charge on any atom is 0.284 e. The minimum Gasteiger partial charge on any atom is -0.466 e. The van der Waals surface area contributed by atoms with Gasteiger partial charge >= 0.3 is 0 Å². The van der Waals surface area contributed by atoms with Crippen LogP contribution in [-0.4, -0.2) is 24.6 Å². The van der Waals surface area contributed by atoms with Crippen LogP contribution in [0.5, 0.6) is 5.75 Å². The van der Waals surface area contributed by atoms with Crippen LogP contribution in [0.1, 0.15) is 59.9 Å². The molecule has 0 fully saturated rings. The lowest BCUT2D eigenvalue weighted by Gasteiger charge is -2.15. The highest BCUT2D eigenvalue weighted by Crippen LogP contribution is 2.37. The van der Waals surface area contributed by atoms with E-state index < -0.39 is 10.7 Å². The molecule has 0 bridgehead atoms. The van der Waals surface area contributed by atoms with Crippen LogP contribution in [-0.2, 0) is 4.74 Å². The van der Waals surface area contributed by atoms with Gasteiger partial charge in [-0.05, 0) is 42.7 Å². The number of nitro groups is 1. The summed E-state index contributed by atoms with van der Waals surface area (Å²) >= 11 is 0. The van der Waals surface area contributed by atoms with Crippen molar-refractivity contribution in [3.8, 4) is 5.75 Å². The molecule has 0 aliphatic carbocycles. The van der Waals surface area contributed by atoms with Crippen LogP contribution >= 0.6 is 0 Å². The number of rotatable bonds is 12. The van der Waals surface area contributed by atoms with E-state index in [9.17, 15) is 14.9 Å². The largest absolute Gasteiger partial charge is 0.466 e. The Hall–Kier alpha value is -3.71. The molecule has 0 amide bonds. The summed E-state index contributed by atoms with van der Waals surface area (Å²) in [5, 5.41) is 11.8. The van der Waals surface area contributed by atoms with Crippen molar-refractivity contribution < 1.29 is 23.6 Å². The van der Waals surface area contributed by atoms with Gasteiger partial charge in [0.15, 0.2) is 6.79 Å². The zero-order chi connectivity index (χ0) is 23.6. The summed E-state index contributed by atoms with van der Waals surface area (Å²) in [6.45, 7) is 1.97. The second-order valence-electron chi connectivity index (χ2n) is 7.49. The first kappa shape index (κ1) is 23.9. The third-order valence-corrected chi connectivity index (χ3v) is 5.16. The van der Waals surface area contributed by atoms with E-state index in [-0.39, 0.29) is 23.8 Å². The smallest absolute Gasteiger partial charge is 0.284 e. The number of benzene rings is 2. The molecule has 1 heterocycles. The molecule has 33 heavy (non-hydrogen) atoms. The van der Waals surface area contributed by atoms with E-state index in [2.05, 4.69) is 6.92 Å². The first-order chi connectivity index (χ1) is 16.1. The average Bonchev–Trinajstić information content (AvgIpc) is 3.37. The number of furan rings is 1. The summed E-state index contributed by atoms with van der Waals surface area (Å²) in [4.78, 5) is 24.6. The van der Waals surface area contributed by atoms with Crippen LogP contribution in [0.4, 0.5) is 5.69 Å². The summed E-state index contributed by atoms with van der Waals surface area (Å²) < 4.78 is 16.4. The van der Waals surface area contributed by atoms with Crippen molar-refractivity contribution in [3.05, 3.63) is 93.4 Å². The van der Waals surface area contributed by atoms with Crippen LogP contribution in [0.25, 0.3) is 11.6 Å². The van der Waals surface area contributed by atoms with E-state index in [4.69, 9.17) is 13.9 Å². The molecule has 0 saturated carbocycles. The molecule has 0 aliphatic rings. The molecule has 1 aromatic heterocycles. The van der Waals surface area contributed by atoms with Gasteiger partial charge in [0.25, 0.3) is 5.69 Å². The number of hydrogen-bond acceptors (Lipinski definition) is 6. The maximum absolute atomic E-state index is 13.4. The van der Waals surface area contributed by atoms with Gasteiger partial charge in [0.2, 0.25) is 5.78 Å². The van der Waals surface area contributed by atoms with Crippen LogP contribution in [0, 0.1) is 10.1 Å². The maximum atomic E-state index is 13.4. The van der Waals surface area contributed by atoms with E-state index in [1.807, 2.05) is 18.2 Å². The van der Waals surface area contributed by atoms with Crippen molar-refractivity contribution in [2.24, 2.45) is 0 Å². The molecule has 3 aromatic rings. The molecular weight excluding hydrogens is 422 g/mol. The topological polar surface area (TPSA) is 91.8 Å². The number of unbranched alkanes of at least 4 members (excludes halogenated alkanes) is 2. The van der Waals surface area contributed by atoms with Gasteiger partial charge in [-0.1, -0.05) is 50.1 Å². The molecule has 0 spiro atoms. The van der Waals surface area contributed by atoms with Crippen LogP contribution in [0.15, 0.2) is 65.3 Å². The van der Waals surface area contributed by atoms with Gasteiger partial charge in [0, 0.05) is 24.3 Å². The second-order valence-corrected chi connectivity index (χ2v) is 7.49. The first-order valence-corrected chi connectivity index (χ1v) is 10.8. The highest BCUT2D eigenvalue weighted by molar-refractivity contribution is 6.14. The summed E-state index contributed by atoms with van der Waals surface area (Å²) in [5.41, 5.74) is 1.36. The van der Waals surface area contributed by atoms with E-state index in [0.29, 0.717) is 16.9 Å². The Balaban J connectivity index is 2.19. The SMILES string of the molecule is CCCCC/C(=C\c1ccc([N+](=O)[O-])c(C(=O)c2ccccc2)c1OCOC)c1ccco1. The highest BCUT2D eigenvalue weighted by atomic mass is 16.7. The van der Waals surface area contributed by atoms with Crippen LogP contribution < -0.4 is 4.74 Å². The summed E-state index contributed by atoms with van der Waals surface area (Å²) in [6, 6.07) is 15.0. The van der Waals surface area contributed by atoms with E-state index in [0.717, 1.165) is 31.3 Å². The van der Waals surface area contributed by atoms with Gasteiger partial charge in [-0.2, -0.15) is 0 Å². The lowest BCUT2D eigenvalue weighted by Crippen LogP contribution is -2.11. The van der Waals surface area contributed by atoms with Crippen molar-refractivity contribution in [3.63, 3.8) is 0 Å². The number of methoxy groups -OCH3 is 1. The quantitative estimate of drug-likeness (QED) is 0.103. The Morgan fingerprint density at radius 1 is 1.09 bits per heavy atom. The Labute approximate surface area is 192 Å². The van der Waals surface area contributed by atoms with Gasteiger partial charge < -0.3 is 13.9 Å². The molecule has 7 nitrogen and oxygen atoms in total.